The molecule has 0 unspecified atom stereocenters. The van der Waals surface area contributed by atoms with E-state index in [0.717, 1.165) is 18.2 Å². The van der Waals surface area contributed by atoms with Crippen molar-refractivity contribution in [3.63, 3.8) is 0 Å². The van der Waals surface area contributed by atoms with Crippen LogP contribution >= 0.6 is 0 Å². The Hall–Kier alpha value is -1.70. The maximum atomic E-state index is 5.70. The molecule has 1 aliphatic rings. The highest BCUT2D eigenvalue weighted by molar-refractivity contribution is 5.25. The number of hydrogen-bond donors (Lipinski definition) is 0. The Morgan fingerprint density at radius 2 is 2.00 bits per heavy atom. The van der Waals surface area contributed by atoms with Crippen LogP contribution in [0.1, 0.15) is 0 Å². The number of allylic oxidation sites excluding steroid dienone is 2. The van der Waals surface area contributed by atoms with E-state index in [1.165, 1.54) is 0 Å². The van der Waals surface area contributed by atoms with E-state index in [0.29, 0.717) is 0 Å². The molecule has 0 atom stereocenters. The highest BCUT2D eigenvalue weighted by atomic mass is 16.5. The summed E-state index contributed by atoms with van der Waals surface area (Å²) < 4.78 is 5.70. The summed E-state index contributed by atoms with van der Waals surface area (Å²) in [5.74, 6) is 1.76. The second-order valence-corrected chi connectivity index (χ2v) is 3.23. The van der Waals surface area contributed by atoms with E-state index < -0.39 is 0 Å². The van der Waals surface area contributed by atoms with Crippen LogP contribution in [0.5, 0.6) is 5.75 Å². The van der Waals surface area contributed by atoms with Gasteiger partial charge in [-0.1, -0.05) is 30.4 Å². The molecule has 2 nitrogen and oxygen atoms in total. The van der Waals surface area contributed by atoms with Crippen LogP contribution in [0, 0.1) is 0 Å². The maximum absolute atomic E-state index is 5.70. The summed E-state index contributed by atoms with van der Waals surface area (Å²) in [6, 6.07) is 9.81. The first-order valence-electron chi connectivity index (χ1n) is 4.67. The summed E-state index contributed by atoms with van der Waals surface area (Å²) >= 11 is 0. The van der Waals surface area contributed by atoms with E-state index in [4.69, 9.17) is 4.74 Å². The number of ether oxygens (including phenoxy) is 1. The maximum Gasteiger partial charge on any atom is 0.196 e. The van der Waals surface area contributed by atoms with Gasteiger partial charge in [-0.05, 0) is 18.2 Å². The first kappa shape index (κ1) is 8.88. The lowest BCUT2D eigenvalue weighted by Gasteiger charge is -2.22. The minimum absolute atomic E-state index is 0.876. The molecule has 1 heterocycles. The standard InChI is InChI=1S/C12H13NO/c1-13-10-6-5-9-12(13)14-11-7-3-2-4-8-11/h2-9H,10H2,1H3. The predicted molar refractivity (Wildman–Crippen MR) is 56.9 cm³/mol. The molecule has 0 saturated carbocycles. The third-order valence-electron chi connectivity index (χ3n) is 2.10. The van der Waals surface area contributed by atoms with Gasteiger partial charge in [0.25, 0.3) is 0 Å². The van der Waals surface area contributed by atoms with Gasteiger partial charge < -0.3 is 9.64 Å². The van der Waals surface area contributed by atoms with Gasteiger partial charge in [-0.25, -0.2) is 0 Å². The van der Waals surface area contributed by atoms with Crippen LogP contribution in [0.25, 0.3) is 0 Å². The SMILES string of the molecule is CN1CC=CC=C1Oc1ccccc1. The molecule has 0 amide bonds. The highest BCUT2D eigenvalue weighted by Crippen LogP contribution is 2.16. The zero-order chi connectivity index (χ0) is 9.80. The Balaban J connectivity index is 2.11. The molecule has 72 valence electrons. The van der Waals surface area contributed by atoms with E-state index in [1.807, 2.05) is 49.5 Å². The smallest absolute Gasteiger partial charge is 0.196 e. The second kappa shape index (κ2) is 4.01. The molecule has 14 heavy (non-hydrogen) atoms. The lowest BCUT2D eigenvalue weighted by molar-refractivity contribution is 0.261. The van der Waals surface area contributed by atoms with Crippen molar-refractivity contribution in [2.75, 3.05) is 13.6 Å². The highest BCUT2D eigenvalue weighted by Gasteiger charge is 2.07. The molecule has 2 heteroatoms. The average Bonchev–Trinajstić information content (AvgIpc) is 2.23. The van der Waals surface area contributed by atoms with E-state index >= 15 is 0 Å². The fourth-order valence-corrected chi connectivity index (χ4v) is 1.31. The molecule has 0 fully saturated rings. The number of rotatable bonds is 2. The van der Waals surface area contributed by atoms with Gasteiger partial charge in [0.15, 0.2) is 5.88 Å². The summed E-state index contributed by atoms with van der Waals surface area (Å²) in [5, 5.41) is 0. The van der Waals surface area contributed by atoms with Gasteiger partial charge in [0, 0.05) is 13.6 Å². The van der Waals surface area contributed by atoms with E-state index in [-0.39, 0.29) is 0 Å². The quantitative estimate of drug-likeness (QED) is 0.705. The fraction of sp³-hybridized carbons (Fsp3) is 0.167. The van der Waals surface area contributed by atoms with Gasteiger partial charge in [-0.3, -0.25) is 0 Å². The summed E-state index contributed by atoms with van der Waals surface area (Å²) in [4.78, 5) is 2.06. The lowest BCUT2D eigenvalue weighted by Crippen LogP contribution is -2.23. The summed E-state index contributed by atoms with van der Waals surface area (Å²) in [6.07, 6.45) is 6.08. The molecule has 1 aliphatic heterocycles. The zero-order valence-corrected chi connectivity index (χ0v) is 8.18. The van der Waals surface area contributed by atoms with Crippen LogP contribution in [0.2, 0.25) is 0 Å². The number of benzene rings is 1. The molecule has 0 saturated heterocycles. The Morgan fingerprint density at radius 1 is 1.21 bits per heavy atom. The lowest BCUT2D eigenvalue weighted by atomic mass is 10.3. The molecule has 1 aromatic carbocycles. The Morgan fingerprint density at radius 3 is 2.71 bits per heavy atom. The number of hydrogen-bond acceptors (Lipinski definition) is 2. The molecular weight excluding hydrogens is 174 g/mol. The molecule has 0 aromatic heterocycles. The predicted octanol–water partition coefficient (Wildman–Crippen LogP) is 2.41. The second-order valence-electron chi connectivity index (χ2n) is 3.23. The van der Waals surface area contributed by atoms with Crippen LogP contribution in [0.3, 0.4) is 0 Å². The third kappa shape index (κ3) is 1.96. The molecule has 0 bridgehead atoms. The van der Waals surface area contributed by atoms with Crippen LogP contribution < -0.4 is 4.74 Å². The van der Waals surface area contributed by atoms with Crippen molar-refractivity contribution in [1.82, 2.24) is 4.90 Å². The monoisotopic (exact) mass is 187 g/mol. The van der Waals surface area contributed by atoms with Gasteiger partial charge >= 0.3 is 0 Å². The minimum atomic E-state index is 0.876. The van der Waals surface area contributed by atoms with Crippen molar-refractivity contribution in [3.05, 3.63) is 54.4 Å². The molecular formula is C12H13NO. The summed E-state index contributed by atoms with van der Waals surface area (Å²) in [7, 11) is 2.01. The van der Waals surface area contributed by atoms with Crippen LogP contribution in [-0.2, 0) is 0 Å². The van der Waals surface area contributed by atoms with E-state index in [1.54, 1.807) is 0 Å². The topological polar surface area (TPSA) is 12.5 Å². The number of nitrogens with zero attached hydrogens (tertiary/aromatic N) is 1. The van der Waals surface area contributed by atoms with Gasteiger partial charge in [0.05, 0.1) is 0 Å². The summed E-state index contributed by atoms with van der Waals surface area (Å²) in [6.45, 7) is 0.901. The van der Waals surface area contributed by atoms with Gasteiger partial charge in [0.1, 0.15) is 5.75 Å². The fourth-order valence-electron chi connectivity index (χ4n) is 1.31. The average molecular weight is 187 g/mol. The van der Waals surface area contributed by atoms with Crippen molar-refractivity contribution in [1.29, 1.82) is 0 Å². The van der Waals surface area contributed by atoms with Crippen molar-refractivity contribution >= 4 is 0 Å². The zero-order valence-electron chi connectivity index (χ0n) is 8.18. The van der Waals surface area contributed by atoms with Gasteiger partial charge in [0.2, 0.25) is 0 Å². The number of para-hydroxylation sites is 1. The molecule has 0 N–H and O–H groups in total. The van der Waals surface area contributed by atoms with Gasteiger partial charge in [-0.15, -0.1) is 0 Å². The molecule has 0 spiro atoms. The normalized spacial score (nSPS) is 15.2. The largest absolute Gasteiger partial charge is 0.441 e. The van der Waals surface area contributed by atoms with Crippen LogP contribution in [-0.4, -0.2) is 18.5 Å². The Bertz CT molecular complexity index is 354. The van der Waals surface area contributed by atoms with E-state index in [9.17, 15) is 0 Å². The Labute approximate surface area is 84.1 Å². The van der Waals surface area contributed by atoms with Crippen molar-refractivity contribution in [3.8, 4) is 5.75 Å². The van der Waals surface area contributed by atoms with Crippen molar-refractivity contribution < 1.29 is 4.74 Å². The van der Waals surface area contributed by atoms with Crippen molar-refractivity contribution in [2.45, 2.75) is 0 Å². The molecule has 2 rings (SSSR count). The number of likely N-dealkylation sites (N-methyl/N-ethyl adjacent to an activating group) is 1. The van der Waals surface area contributed by atoms with Crippen molar-refractivity contribution in [2.24, 2.45) is 0 Å². The van der Waals surface area contributed by atoms with Crippen LogP contribution in [0.15, 0.2) is 54.4 Å². The first-order chi connectivity index (χ1) is 6.86. The first-order valence-corrected chi connectivity index (χ1v) is 4.67. The molecule has 0 radical (unpaired) electrons. The van der Waals surface area contributed by atoms with Gasteiger partial charge in [-0.2, -0.15) is 0 Å². The minimum Gasteiger partial charge on any atom is -0.441 e. The summed E-state index contributed by atoms with van der Waals surface area (Å²) in [5.41, 5.74) is 0. The van der Waals surface area contributed by atoms with Crippen LogP contribution in [0.4, 0.5) is 0 Å². The molecule has 1 aromatic rings. The molecule has 0 aliphatic carbocycles. The third-order valence-corrected chi connectivity index (χ3v) is 2.10. The van der Waals surface area contributed by atoms with E-state index in [2.05, 4.69) is 11.0 Å². The Kier molecular flexibility index (Phi) is 2.54.